The molecule has 1 heterocycles. The molecule has 0 fully saturated rings. The largest absolute Gasteiger partial charge is 0.348 e. The Kier molecular flexibility index (Phi) is 8.27. The van der Waals surface area contributed by atoms with E-state index < -0.39 is 6.04 Å². The average molecular weight is 467 g/mol. The molecule has 1 aliphatic rings. The van der Waals surface area contributed by atoms with Crippen LogP contribution < -0.4 is 5.32 Å². The van der Waals surface area contributed by atoms with Gasteiger partial charge in [0, 0.05) is 12.1 Å². The molecule has 0 bridgehead atoms. The molecule has 1 amide bonds. The van der Waals surface area contributed by atoms with Gasteiger partial charge < -0.3 is 5.32 Å². The van der Waals surface area contributed by atoms with Crippen LogP contribution in [0.5, 0.6) is 0 Å². The molecule has 0 spiro atoms. The number of nitrogens with one attached hydrogen (secondary N) is 1. The third-order valence-corrected chi connectivity index (χ3v) is 6.95. The number of ketones is 1. The molecule has 0 unspecified atom stereocenters. The summed E-state index contributed by atoms with van der Waals surface area (Å²) in [7, 11) is 0. The fourth-order valence-electron chi connectivity index (χ4n) is 4.58. The van der Waals surface area contributed by atoms with Crippen LogP contribution in [-0.2, 0) is 17.8 Å². The third-order valence-electron chi connectivity index (χ3n) is 6.95. The molecule has 0 aromatic heterocycles. The SMILES string of the molecule is CC[C@H](C)[C@@H](/C=C/c1ccccc1)NC(=O)[C@@H]1Cc2ccccc2CN1CC(=O)c1ccccc1. The Morgan fingerprint density at radius 3 is 2.26 bits per heavy atom. The molecule has 3 atom stereocenters. The quantitative estimate of drug-likeness (QED) is 0.421. The van der Waals surface area contributed by atoms with Crippen LogP contribution >= 0.6 is 0 Å². The van der Waals surface area contributed by atoms with Crippen molar-refractivity contribution in [1.29, 1.82) is 0 Å². The number of carbonyl (C=O) groups is 2. The van der Waals surface area contributed by atoms with Crippen molar-refractivity contribution in [3.8, 4) is 0 Å². The van der Waals surface area contributed by atoms with Crippen LogP contribution in [-0.4, -0.2) is 35.2 Å². The minimum Gasteiger partial charge on any atom is -0.348 e. The van der Waals surface area contributed by atoms with Gasteiger partial charge in [0.1, 0.15) is 0 Å². The van der Waals surface area contributed by atoms with Crippen molar-refractivity contribution in [3.63, 3.8) is 0 Å². The molecule has 0 saturated heterocycles. The van der Waals surface area contributed by atoms with Crippen molar-refractivity contribution in [2.45, 2.75) is 45.3 Å². The highest BCUT2D eigenvalue weighted by atomic mass is 16.2. The predicted molar refractivity (Wildman–Crippen MR) is 142 cm³/mol. The molecule has 1 aliphatic heterocycles. The zero-order chi connectivity index (χ0) is 24.6. The van der Waals surface area contributed by atoms with Crippen molar-refractivity contribution < 1.29 is 9.59 Å². The molecule has 0 radical (unpaired) electrons. The first-order chi connectivity index (χ1) is 17.0. The van der Waals surface area contributed by atoms with Crippen LogP contribution in [0.25, 0.3) is 6.08 Å². The molecule has 0 aliphatic carbocycles. The molecule has 1 N–H and O–H groups in total. The second kappa shape index (κ2) is 11.8. The van der Waals surface area contributed by atoms with Gasteiger partial charge in [-0.3, -0.25) is 14.5 Å². The molecule has 35 heavy (non-hydrogen) atoms. The van der Waals surface area contributed by atoms with Gasteiger partial charge in [0.25, 0.3) is 0 Å². The molecule has 0 saturated carbocycles. The fourth-order valence-corrected chi connectivity index (χ4v) is 4.58. The first-order valence-electron chi connectivity index (χ1n) is 12.5. The van der Waals surface area contributed by atoms with Gasteiger partial charge in [-0.1, -0.05) is 117 Å². The number of nitrogens with zero attached hydrogens (tertiary/aromatic N) is 1. The van der Waals surface area contributed by atoms with Crippen molar-refractivity contribution in [1.82, 2.24) is 10.2 Å². The summed E-state index contributed by atoms with van der Waals surface area (Å²) in [6, 6.07) is 27.2. The van der Waals surface area contributed by atoms with E-state index in [0.29, 0.717) is 18.5 Å². The van der Waals surface area contributed by atoms with Crippen molar-refractivity contribution in [3.05, 3.63) is 113 Å². The predicted octanol–water partition coefficient (Wildman–Crippen LogP) is 5.54. The van der Waals surface area contributed by atoms with E-state index in [2.05, 4.69) is 55.6 Å². The van der Waals surface area contributed by atoms with Gasteiger partial charge in [0.2, 0.25) is 5.91 Å². The summed E-state index contributed by atoms with van der Waals surface area (Å²) in [4.78, 5) is 28.8. The van der Waals surface area contributed by atoms with Crippen LogP contribution in [0.4, 0.5) is 0 Å². The number of hydrogen-bond donors (Lipinski definition) is 1. The Hall–Kier alpha value is -3.50. The molecule has 4 rings (SSSR count). The number of carbonyl (C=O) groups excluding carboxylic acids is 2. The molecular weight excluding hydrogens is 432 g/mol. The Balaban J connectivity index is 1.55. The van der Waals surface area contributed by atoms with Gasteiger partial charge in [-0.2, -0.15) is 0 Å². The van der Waals surface area contributed by atoms with Gasteiger partial charge in [-0.25, -0.2) is 0 Å². The zero-order valence-corrected chi connectivity index (χ0v) is 20.6. The lowest BCUT2D eigenvalue weighted by Crippen LogP contribution is -2.54. The van der Waals surface area contributed by atoms with Crippen molar-refractivity contribution in [2.75, 3.05) is 6.54 Å². The van der Waals surface area contributed by atoms with Gasteiger partial charge in [-0.15, -0.1) is 0 Å². The molecular formula is C31H34N2O2. The summed E-state index contributed by atoms with van der Waals surface area (Å²) in [5, 5.41) is 3.30. The molecule has 4 nitrogen and oxygen atoms in total. The topological polar surface area (TPSA) is 49.4 Å². The monoisotopic (exact) mass is 466 g/mol. The maximum absolute atomic E-state index is 13.7. The lowest BCUT2D eigenvalue weighted by molar-refractivity contribution is -0.127. The molecule has 3 aromatic carbocycles. The first-order valence-corrected chi connectivity index (χ1v) is 12.5. The fraction of sp³-hybridized carbons (Fsp3) is 0.290. The van der Waals surface area contributed by atoms with Crippen LogP contribution in [0, 0.1) is 5.92 Å². The molecule has 3 aromatic rings. The lowest BCUT2D eigenvalue weighted by atomic mass is 9.92. The number of rotatable bonds is 9. The highest BCUT2D eigenvalue weighted by Crippen LogP contribution is 2.24. The maximum atomic E-state index is 13.7. The van der Waals surface area contributed by atoms with Crippen molar-refractivity contribution in [2.24, 2.45) is 5.92 Å². The summed E-state index contributed by atoms with van der Waals surface area (Å²) in [6.07, 6.45) is 5.72. The van der Waals surface area contributed by atoms with E-state index in [1.54, 1.807) is 0 Å². The summed E-state index contributed by atoms with van der Waals surface area (Å²) >= 11 is 0. The lowest BCUT2D eigenvalue weighted by Gasteiger charge is -2.36. The van der Waals surface area contributed by atoms with Crippen LogP contribution in [0.15, 0.2) is 91.0 Å². The number of Topliss-reactive ketones (excluding diaryl/α,β-unsaturated/α-hetero) is 1. The van der Waals surface area contributed by atoms with Gasteiger partial charge >= 0.3 is 0 Å². The summed E-state index contributed by atoms with van der Waals surface area (Å²) < 4.78 is 0. The minimum absolute atomic E-state index is 0.0247. The number of fused-ring (bicyclic) bond motifs is 1. The maximum Gasteiger partial charge on any atom is 0.238 e. The number of amides is 1. The van der Waals surface area contributed by atoms with E-state index in [1.807, 2.05) is 65.6 Å². The Morgan fingerprint density at radius 1 is 0.943 bits per heavy atom. The highest BCUT2D eigenvalue weighted by molar-refractivity contribution is 5.98. The summed E-state index contributed by atoms with van der Waals surface area (Å²) in [5.41, 5.74) is 4.14. The standard InChI is InChI=1S/C31H34N2O2/c1-3-23(2)28(19-18-24-12-6-4-7-13-24)32-31(35)29-20-26-16-10-11-17-27(26)21-33(29)22-30(34)25-14-8-5-9-15-25/h4-19,23,28-29H,3,20-22H2,1-2H3,(H,32,35)/b19-18+/t23-,28+,29-/m0/s1. The minimum atomic E-state index is -0.394. The van der Waals surface area contributed by atoms with Gasteiger partial charge in [0.15, 0.2) is 5.78 Å². The van der Waals surface area contributed by atoms with E-state index in [9.17, 15) is 9.59 Å². The molecule has 4 heteroatoms. The number of hydrogen-bond acceptors (Lipinski definition) is 3. The average Bonchev–Trinajstić information content (AvgIpc) is 2.91. The van der Waals surface area contributed by atoms with E-state index in [4.69, 9.17) is 0 Å². The van der Waals surface area contributed by atoms with Crippen LogP contribution in [0.2, 0.25) is 0 Å². The second-order valence-corrected chi connectivity index (χ2v) is 9.37. The van der Waals surface area contributed by atoms with Gasteiger partial charge in [0.05, 0.1) is 18.6 Å². The van der Waals surface area contributed by atoms with E-state index in [-0.39, 0.29) is 30.2 Å². The zero-order valence-electron chi connectivity index (χ0n) is 20.6. The smallest absolute Gasteiger partial charge is 0.238 e. The van der Waals surface area contributed by atoms with Gasteiger partial charge in [-0.05, 0) is 29.0 Å². The van der Waals surface area contributed by atoms with Crippen LogP contribution in [0.1, 0.15) is 47.3 Å². The normalized spacial score (nSPS) is 17.5. The second-order valence-electron chi connectivity index (χ2n) is 9.37. The van der Waals surface area contributed by atoms with Crippen molar-refractivity contribution >= 4 is 17.8 Å². The first kappa shape index (κ1) is 24.6. The highest BCUT2D eigenvalue weighted by Gasteiger charge is 2.33. The van der Waals surface area contributed by atoms with E-state index in [1.165, 1.54) is 11.1 Å². The Bertz CT molecular complexity index is 1160. The van der Waals surface area contributed by atoms with Crippen LogP contribution in [0.3, 0.4) is 0 Å². The van der Waals surface area contributed by atoms with E-state index >= 15 is 0 Å². The Morgan fingerprint density at radius 2 is 1.57 bits per heavy atom. The summed E-state index contributed by atoms with van der Waals surface area (Å²) in [6.45, 7) is 5.10. The molecule has 180 valence electrons. The third kappa shape index (κ3) is 6.34. The number of benzene rings is 3. The van der Waals surface area contributed by atoms with E-state index in [0.717, 1.165) is 12.0 Å². The Labute approximate surface area is 208 Å². The summed E-state index contributed by atoms with van der Waals surface area (Å²) in [5.74, 6) is 0.294.